The van der Waals surface area contributed by atoms with Gasteiger partial charge in [-0.2, -0.15) is 0 Å². The summed E-state index contributed by atoms with van der Waals surface area (Å²) in [5.41, 5.74) is 0. The molecule has 2 saturated carbocycles. The van der Waals surface area contributed by atoms with Gasteiger partial charge in [0.15, 0.2) is 0 Å². The smallest absolute Gasteiger partial charge is 0.377 e. The first kappa shape index (κ1) is 132. The Morgan fingerprint density at radius 1 is 0.152 bits per heavy atom. The first-order valence-corrected chi connectivity index (χ1v) is 75.8. The van der Waals surface area contributed by atoms with Gasteiger partial charge in [-0.15, -0.1) is 0 Å². The van der Waals surface area contributed by atoms with Gasteiger partial charge in [-0.25, -0.2) is 0 Å². The number of hydrogen-bond donors (Lipinski definition) is 0. The van der Waals surface area contributed by atoms with Crippen LogP contribution in [0.3, 0.4) is 0 Å². The van der Waals surface area contributed by atoms with E-state index in [9.17, 15) is 0 Å². The molecule has 2 rings (SSSR count). The summed E-state index contributed by atoms with van der Waals surface area (Å²) in [5.74, 6) is 2.31. The highest BCUT2D eigenvalue weighted by molar-refractivity contribution is 6.84. The Hall–Kier alpha value is 1.79. The van der Waals surface area contributed by atoms with Gasteiger partial charge < -0.3 is 184 Å². The summed E-state index contributed by atoms with van der Waals surface area (Å²) in [6, 6.07) is 14.4. The largest absolute Gasteiger partial charge is 0.671 e. The Kier molecular flexibility index (Phi) is 65.3. The Balaban J connectivity index is 0.00000134. The molecule has 2 aliphatic rings. The zero-order chi connectivity index (χ0) is 100. The van der Waals surface area contributed by atoms with Gasteiger partial charge in [-0.3, -0.25) is 0 Å². The summed E-state index contributed by atoms with van der Waals surface area (Å²) >= 11 is 0. The Morgan fingerprint density at radius 2 is 0.295 bits per heavy atom. The monoisotopic (exact) mass is 2190 g/mol. The van der Waals surface area contributed by atoms with Crippen molar-refractivity contribution in [1.82, 2.24) is 0 Å². The molecule has 0 aromatic rings. The van der Waals surface area contributed by atoms with Crippen LogP contribution in [0.25, 0.3) is 0 Å². The van der Waals surface area contributed by atoms with Crippen LogP contribution in [0.5, 0.6) is 0 Å². The van der Waals surface area contributed by atoms with Gasteiger partial charge in [0.2, 0.25) is 0 Å². The SMILES string of the molecule is CO[Si](CCC[Si](CCC[Si](OC)(OC)OC)(CCC[Si](OC)(OC)OC)CCC1CC(C)C(CC[Si](CCC[Si](OC)(OC)OC)(CCC[Si](OC)(OC)OC)CCC[Si](OC)(OC)OC)C1)(OC)OC.CO[Si](OC)(OC)O[Si](CCC1CC(C)C(CC[Si](O[Si](OC)(OC)OC)(O[Si](OC)(OC)OC)O[Si](OC)(OC)OC)C1)(O[Si](OC)(OC)OC)O[Si](OC)(OC)OC. The van der Waals surface area contributed by atoms with Crippen LogP contribution in [-0.2, 0) is 184 Å². The third-order valence-corrected chi connectivity index (χ3v) is 79.5. The standard InChI is InChI=1S/C46H108O18Si8.C28H72O24Si8/c1-44-42-45(26-40-65(28-20-34-67(47-2,48-3)49-4,29-21-35-68(50-5,51-6)52-7)30-22-36-69(53-8,54-9)55-10)43-46(44)27-41-66(31-23-37-70(56-11,57-12)58-13,32-24-38-71(59-14,60-15)61-16)33-25-39-72(62-17,63-18)64-19;1-26-24-27(20-22-53(47-55(29-2,30-3)31-4,48-56(32-5,33-6)34-7)49-57(35-8,36-9)37-10)25-28(26)21-23-54(50-58(38-11,39-12)40-13,51-59(41-14,42-15)43-16)52-60(44-17,45-18)46-19/h44-46H,20-43H2,1-19H3;26-28H,20-25H2,1-19H3. The van der Waals surface area contributed by atoms with E-state index >= 15 is 0 Å². The highest BCUT2D eigenvalue weighted by atomic mass is 28.5. The fraction of sp³-hybridized carbons (Fsp3) is 1.00. The van der Waals surface area contributed by atoms with Crippen molar-refractivity contribution in [2.45, 2.75) is 200 Å². The number of hydrogen-bond acceptors (Lipinski definition) is 42. The molecular formula is C74H180O42Si16. The molecule has 0 aromatic heterocycles. The lowest BCUT2D eigenvalue weighted by Gasteiger charge is -2.41. The van der Waals surface area contributed by atoms with E-state index in [1.54, 1.807) is 128 Å². The minimum atomic E-state index is -4.28. The molecule has 0 bridgehead atoms. The molecule has 2 aliphatic carbocycles. The van der Waals surface area contributed by atoms with Crippen molar-refractivity contribution in [3.63, 3.8) is 0 Å². The predicted molar refractivity (Wildman–Crippen MR) is 525 cm³/mol. The molecular weight excluding hydrogens is 2010 g/mol. The topological polar surface area (TPSA) is 388 Å². The minimum Gasteiger partial charge on any atom is -0.377 e. The van der Waals surface area contributed by atoms with Crippen molar-refractivity contribution in [1.29, 1.82) is 0 Å². The second-order valence-electron chi connectivity index (χ2n) is 32.9. The Bertz CT molecular complexity index is 2570. The summed E-state index contributed by atoms with van der Waals surface area (Å²) in [7, 11) is 2.93. The summed E-state index contributed by atoms with van der Waals surface area (Å²) < 4.78 is 249. The van der Waals surface area contributed by atoms with E-state index in [-0.39, 0.29) is 29.8 Å². The van der Waals surface area contributed by atoms with Crippen molar-refractivity contribution in [3.05, 3.63) is 0 Å². The molecule has 0 spiro atoms. The van der Waals surface area contributed by atoms with Crippen LogP contribution in [0.4, 0.5) is 0 Å². The molecule has 0 N–H and O–H groups in total. The third kappa shape index (κ3) is 38.6. The average Bonchev–Trinajstić information content (AvgIpc) is 1.14. The van der Waals surface area contributed by atoms with Gasteiger partial charge in [-0.05, 0) is 74.0 Å². The van der Waals surface area contributed by atoms with E-state index in [0.717, 1.165) is 124 Å². The van der Waals surface area contributed by atoms with E-state index in [1.165, 1.54) is 166 Å². The van der Waals surface area contributed by atoms with E-state index in [1.807, 2.05) is 0 Å². The first-order chi connectivity index (χ1) is 62.8. The molecule has 792 valence electrons. The van der Waals surface area contributed by atoms with Crippen molar-refractivity contribution in [2.24, 2.45) is 35.5 Å². The van der Waals surface area contributed by atoms with Crippen LogP contribution in [0.15, 0.2) is 0 Å². The maximum absolute atomic E-state index is 6.66. The van der Waals surface area contributed by atoms with Gasteiger partial charge in [-0.1, -0.05) is 114 Å². The van der Waals surface area contributed by atoms with E-state index in [4.69, 9.17) is 184 Å². The van der Waals surface area contributed by atoms with Gasteiger partial charge in [0, 0.05) is 304 Å². The molecule has 0 heterocycles. The molecule has 58 heteroatoms. The molecule has 0 radical (unpaired) electrons. The maximum Gasteiger partial charge on any atom is 0.671 e. The molecule has 0 aromatic carbocycles. The molecule has 132 heavy (non-hydrogen) atoms. The molecule has 2 fully saturated rings. The van der Waals surface area contributed by atoms with Crippen LogP contribution in [0.1, 0.15) is 104 Å². The fourth-order valence-corrected chi connectivity index (χ4v) is 67.1. The fourth-order valence-electron chi connectivity index (χ4n) is 18.7. The van der Waals surface area contributed by atoms with Gasteiger partial charge in [0.25, 0.3) is 0 Å². The minimum absolute atomic E-state index is 0.0776. The van der Waals surface area contributed by atoms with Crippen LogP contribution >= 0.6 is 0 Å². The lowest BCUT2D eigenvalue weighted by Crippen LogP contribution is -2.69. The van der Waals surface area contributed by atoms with Crippen molar-refractivity contribution in [3.8, 4) is 0 Å². The number of rotatable bonds is 84. The summed E-state index contributed by atoms with van der Waals surface area (Å²) in [6.45, 7) is 4.68. The summed E-state index contributed by atoms with van der Waals surface area (Å²) in [4.78, 5) is 0. The van der Waals surface area contributed by atoms with Crippen molar-refractivity contribution in [2.75, 3.05) is 256 Å². The average molecular weight is 2190 g/mol. The quantitative estimate of drug-likeness (QED) is 0.0510. The highest BCUT2D eigenvalue weighted by Gasteiger charge is 2.69. The van der Waals surface area contributed by atoms with E-state index in [2.05, 4.69) is 13.8 Å². The highest BCUT2D eigenvalue weighted by Crippen LogP contribution is 2.50. The molecule has 0 amide bonds. The van der Waals surface area contributed by atoms with Crippen LogP contribution in [0, 0.1) is 35.5 Å². The predicted octanol–water partition coefficient (Wildman–Crippen LogP) is 11.6. The first-order valence-electron chi connectivity index (χ1n) is 44.9. The normalized spacial score (nSPS) is 18.5. The van der Waals surface area contributed by atoms with E-state index < -0.39 is 141 Å². The second kappa shape index (κ2) is 65.4. The lowest BCUT2D eigenvalue weighted by molar-refractivity contribution is -0.0289. The Morgan fingerprint density at radius 3 is 0.455 bits per heavy atom. The molecule has 6 atom stereocenters. The van der Waals surface area contributed by atoms with Gasteiger partial charge in [0.05, 0.1) is 16.1 Å². The Labute approximate surface area is 811 Å². The van der Waals surface area contributed by atoms with Crippen LogP contribution in [-0.4, -0.2) is 397 Å². The third-order valence-electron chi connectivity index (χ3n) is 27.0. The van der Waals surface area contributed by atoms with E-state index in [0.29, 0.717) is 30.6 Å². The molecule has 42 nitrogen and oxygen atoms in total. The molecule has 0 saturated heterocycles. The molecule has 6 unspecified atom stereocenters. The second-order valence-corrected chi connectivity index (χ2v) is 83.4. The van der Waals surface area contributed by atoms with Crippen LogP contribution in [0.2, 0.25) is 96.7 Å². The summed E-state index contributed by atoms with van der Waals surface area (Å²) in [5, 5.41) is 0. The van der Waals surface area contributed by atoms with Gasteiger partial charge in [0.1, 0.15) is 0 Å². The summed E-state index contributed by atoms with van der Waals surface area (Å²) in [6.07, 6.45) is 13.4. The van der Waals surface area contributed by atoms with Crippen molar-refractivity contribution >= 4 is 141 Å². The lowest BCUT2D eigenvalue weighted by atomic mass is 9.95. The maximum atomic E-state index is 6.66. The zero-order valence-electron chi connectivity index (χ0n) is 87.8. The van der Waals surface area contributed by atoms with Crippen molar-refractivity contribution < 1.29 is 184 Å². The zero-order valence-corrected chi connectivity index (χ0v) is 104. The van der Waals surface area contributed by atoms with Gasteiger partial charge >= 0.3 is 125 Å². The van der Waals surface area contributed by atoms with Crippen LogP contribution < -0.4 is 0 Å². The molecule has 0 aliphatic heterocycles.